The van der Waals surface area contributed by atoms with Gasteiger partial charge >= 0.3 is 6.18 Å². The number of methoxy groups -OCH3 is 1. The van der Waals surface area contributed by atoms with Crippen LogP contribution in [-0.2, 0) is 10.9 Å². The summed E-state index contributed by atoms with van der Waals surface area (Å²) in [6, 6.07) is 0.794. The summed E-state index contributed by atoms with van der Waals surface area (Å²) in [4.78, 5) is 6.69. The van der Waals surface area contributed by atoms with Crippen LogP contribution >= 0.6 is 0 Å². The second kappa shape index (κ2) is 4.75. The second-order valence-electron chi connectivity index (χ2n) is 2.52. The smallest absolute Gasteiger partial charge is 0.372 e. The van der Waals surface area contributed by atoms with Gasteiger partial charge in [-0.1, -0.05) is 5.92 Å². The van der Waals surface area contributed by atoms with Crippen molar-refractivity contribution in [1.29, 1.82) is 0 Å². The van der Waals surface area contributed by atoms with Crippen molar-refractivity contribution in [2.75, 3.05) is 13.7 Å². The molecular weight excluding hydrogens is 209 g/mol. The van der Waals surface area contributed by atoms with Crippen molar-refractivity contribution >= 4 is 0 Å². The van der Waals surface area contributed by atoms with Gasteiger partial charge in [0.25, 0.3) is 0 Å². The van der Waals surface area contributed by atoms with Gasteiger partial charge in [-0.25, -0.2) is 9.97 Å². The summed E-state index contributed by atoms with van der Waals surface area (Å²) >= 11 is 0. The molecule has 1 aromatic rings. The van der Waals surface area contributed by atoms with Crippen LogP contribution in [0.4, 0.5) is 13.2 Å². The number of rotatable bonds is 1. The molecule has 0 radical (unpaired) electrons. The quantitative estimate of drug-likeness (QED) is 0.667. The molecule has 0 saturated heterocycles. The van der Waals surface area contributed by atoms with E-state index in [1.54, 1.807) is 0 Å². The summed E-state index contributed by atoms with van der Waals surface area (Å²) in [6.07, 6.45) is -3.64. The molecule has 0 N–H and O–H groups in total. The van der Waals surface area contributed by atoms with Gasteiger partial charge in [0.15, 0.2) is 0 Å². The third-order valence-corrected chi connectivity index (χ3v) is 1.39. The lowest BCUT2D eigenvalue weighted by Gasteiger charge is -2.03. The van der Waals surface area contributed by atoms with E-state index in [1.807, 2.05) is 0 Å². The lowest BCUT2D eigenvalue weighted by molar-refractivity contribution is -0.141. The van der Waals surface area contributed by atoms with Gasteiger partial charge in [-0.05, 0) is 5.92 Å². The Balaban J connectivity index is 2.90. The molecule has 0 aliphatic carbocycles. The highest BCUT2D eigenvalue weighted by molar-refractivity contribution is 5.28. The molecular formula is C9H7F3N2O. The van der Waals surface area contributed by atoms with Gasteiger partial charge in [0.05, 0.1) is 0 Å². The lowest BCUT2D eigenvalue weighted by Crippen LogP contribution is -2.08. The van der Waals surface area contributed by atoms with Gasteiger partial charge in [0.2, 0.25) is 0 Å². The Hall–Kier alpha value is -1.61. The number of halogens is 3. The van der Waals surface area contributed by atoms with E-state index in [0.29, 0.717) is 0 Å². The average molecular weight is 216 g/mol. The van der Waals surface area contributed by atoms with Crippen LogP contribution in [0.25, 0.3) is 0 Å². The maximum atomic E-state index is 12.2. The highest BCUT2D eigenvalue weighted by Crippen LogP contribution is 2.26. The lowest BCUT2D eigenvalue weighted by atomic mass is 10.3. The summed E-state index contributed by atoms with van der Waals surface area (Å²) in [5.74, 6) is 4.93. The second-order valence-corrected chi connectivity index (χ2v) is 2.52. The number of nitrogens with zero attached hydrogens (tertiary/aromatic N) is 2. The Kier molecular flexibility index (Phi) is 3.63. The zero-order valence-corrected chi connectivity index (χ0v) is 7.80. The maximum Gasteiger partial charge on any atom is 0.433 e. The van der Waals surface area contributed by atoms with Crippen LogP contribution in [0.2, 0.25) is 0 Å². The standard InChI is InChI=1S/C9H7F3N2O/c1-15-4-2-3-7-5-8(9(10,11)12)14-6-13-7/h5-6H,4H2,1H3. The maximum absolute atomic E-state index is 12.2. The molecule has 15 heavy (non-hydrogen) atoms. The first-order valence-electron chi connectivity index (χ1n) is 3.91. The monoisotopic (exact) mass is 216 g/mol. The number of alkyl halides is 3. The van der Waals surface area contributed by atoms with E-state index >= 15 is 0 Å². The third-order valence-electron chi connectivity index (χ3n) is 1.39. The normalized spacial score (nSPS) is 10.7. The topological polar surface area (TPSA) is 35.0 Å². The molecule has 0 aliphatic rings. The Morgan fingerprint density at radius 3 is 2.73 bits per heavy atom. The third kappa shape index (κ3) is 3.56. The van der Waals surface area contributed by atoms with Crippen molar-refractivity contribution < 1.29 is 17.9 Å². The molecule has 1 aromatic heterocycles. The van der Waals surface area contributed by atoms with E-state index in [1.165, 1.54) is 7.11 Å². The van der Waals surface area contributed by atoms with Gasteiger partial charge in [-0.3, -0.25) is 0 Å². The fourth-order valence-corrected chi connectivity index (χ4v) is 0.780. The number of ether oxygens (including phenoxy) is 1. The SMILES string of the molecule is COCC#Cc1cc(C(F)(F)F)ncn1. The van der Waals surface area contributed by atoms with Gasteiger partial charge < -0.3 is 4.74 Å². The van der Waals surface area contributed by atoms with Gasteiger partial charge in [-0.2, -0.15) is 13.2 Å². The molecule has 0 aromatic carbocycles. The van der Waals surface area contributed by atoms with Crippen molar-refractivity contribution in [3.63, 3.8) is 0 Å². The summed E-state index contributed by atoms with van der Waals surface area (Å²) in [7, 11) is 1.44. The molecule has 1 heterocycles. The fraction of sp³-hybridized carbons (Fsp3) is 0.333. The Morgan fingerprint density at radius 2 is 2.13 bits per heavy atom. The molecule has 6 heteroatoms. The summed E-state index contributed by atoms with van der Waals surface area (Å²) in [6.45, 7) is 0.144. The van der Waals surface area contributed by atoms with Gasteiger partial charge in [-0.15, -0.1) is 0 Å². The zero-order valence-electron chi connectivity index (χ0n) is 7.80. The first kappa shape index (κ1) is 11.5. The van der Waals surface area contributed by atoms with Gasteiger partial charge in [0.1, 0.15) is 24.3 Å². The molecule has 1 rings (SSSR count). The summed E-state index contributed by atoms with van der Waals surface area (Å²) in [5, 5.41) is 0. The molecule has 0 saturated carbocycles. The zero-order chi connectivity index (χ0) is 11.3. The highest BCUT2D eigenvalue weighted by atomic mass is 19.4. The van der Waals surface area contributed by atoms with Crippen molar-refractivity contribution in [2.45, 2.75) is 6.18 Å². The van der Waals surface area contributed by atoms with Crippen LogP contribution in [0.1, 0.15) is 11.4 Å². The molecule has 0 aliphatic heterocycles. The fourth-order valence-electron chi connectivity index (χ4n) is 0.780. The predicted octanol–water partition coefficient (Wildman–Crippen LogP) is 1.49. The van der Waals surface area contributed by atoms with E-state index in [-0.39, 0.29) is 12.3 Å². The Labute approximate surface area is 84.3 Å². The average Bonchev–Trinajstić information content (AvgIpc) is 2.17. The van der Waals surface area contributed by atoms with E-state index in [2.05, 4.69) is 26.5 Å². The van der Waals surface area contributed by atoms with E-state index < -0.39 is 11.9 Å². The van der Waals surface area contributed by atoms with E-state index in [9.17, 15) is 13.2 Å². The van der Waals surface area contributed by atoms with Crippen LogP contribution < -0.4 is 0 Å². The molecule has 0 spiro atoms. The molecule has 0 amide bonds. The Morgan fingerprint density at radius 1 is 1.40 bits per heavy atom. The minimum atomic E-state index is -4.47. The minimum Gasteiger partial charge on any atom is -0.372 e. The van der Waals surface area contributed by atoms with Crippen LogP contribution in [-0.4, -0.2) is 23.7 Å². The number of hydrogen-bond donors (Lipinski definition) is 0. The van der Waals surface area contributed by atoms with Gasteiger partial charge in [0, 0.05) is 13.2 Å². The number of hydrogen-bond acceptors (Lipinski definition) is 3. The van der Waals surface area contributed by atoms with Crippen molar-refractivity contribution in [1.82, 2.24) is 9.97 Å². The van der Waals surface area contributed by atoms with Crippen LogP contribution in [0.5, 0.6) is 0 Å². The first-order valence-corrected chi connectivity index (χ1v) is 3.91. The molecule has 3 nitrogen and oxygen atoms in total. The predicted molar refractivity (Wildman–Crippen MR) is 45.8 cm³/mol. The Bertz CT molecular complexity index is 392. The molecule has 0 unspecified atom stereocenters. The molecule has 80 valence electrons. The number of aromatic nitrogens is 2. The highest BCUT2D eigenvalue weighted by Gasteiger charge is 2.32. The minimum absolute atomic E-state index is 0.0226. The largest absolute Gasteiger partial charge is 0.433 e. The van der Waals surface area contributed by atoms with E-state index in [4.69, 9.17) is 0 Å². The van der Waals surface area contributed by atoms with Crippen LogP contribution in [0.3, 0.4) is 0 Å². The summed E-state index contributed by atoms with van der Waals surface area (Å²) in [5.41, 5.74) is -0.978. The van der Waals surface area contributed by atoms with Crippen LogP contribution in [0.15, 0.2) is 12.4 Å². The molecule has 0 atom stereocenters. The van der Waals surface area contributed by atoms with Crippen LogP contribution in [0, 0.1) is 11.8 Å². The van der Waals surface area contributed by atoms with Crippen molar-refractivity contribution in [3.8, 4) is 11.8 Å². The first-order chi connectivity index (χ1) is 7.04. The van der Waals surface area contributed by atoms with E-state index in [0.717, 1.165) is 12.4 Å². The van der Waals surface area contributed by atoms with Crippen molar-refractivity contribution in [2.24, 2.45) is 0 Å². The van der Waals surface area contributed by atoms with Crippen molar-refractivity contribution in [3.05, 3.63) is 23.8 Å². The molecule has 0 fully saturated rings. The summed E-state index contributed by atoms with van der Waals surface area (Å²) < 4.78 is 41.2. The molecule has 0 bridgehead atoms.